The fraction of sp³-hybridized carbons (Fsp3) is 0.419. The first-order valence-corrected chi connectivity index (χ1v) is 14.5. The molecule has 2 aliphatic heterocycles. The number of alkyl halides is 6. The molecule has 2 aromatic heterocycles. The van der Waals surface area contributed by atoms with Crippen molar-refractivity contribution in [3.63, 3.8) is 0 Å². The standard InChI is InChI=1S/C31H31F6N5O4/c1-4-22-15-24(27-23(7-9-26(40-27)44-3)42(22)29(43)45-5-2)41(25-8-6-19(16-39-25)28-38-10-11-46-28)17-18-12-20(30(32,33)34)14-21(13-18)31(35,36)37/h6-9,12-14,16,22,24H,4-5,10-11,15,17H2,1-3H3. The minimum Gasteiger partial charge on any atom is -0.481 e. The van der Waals surface area contributed by atoms with Gasteiger partial charge in [-0.25, -0.2) is 19.8 Å². The average molecular weight is 652 g/mol. The van der Waals surface area contributed by atoms with E-state index >= 15 is 0 Å². The van der Waals surface area contributed by atoms with E-state index in [0.717, 1.165) is 0 Å². The molecular formula is C31H31F6N5O4. The van der Waals surface area contributed by atoms with Crippen LogP contribution in [0.25, 0.3) is 0 Å². The Morgan fingerprint density at radius 3 is 2.30 bits per heavy atom. The summed E-state index contributed by atoms with van der Waals surface area (Å²) < 4.78 is 99.1. The maximum absolute atomic E-state index is 13.8. The lowest BCUT2D eigenvalue weighted by molar-refractivity contribution is -0.143. The normalized spacial score (nSPS) is 18.0. The molecule has 2 unspecified atom stereocenters. The van der Waals surface area contributed by atoms with Crippen LogP contribution in [0.3, 0.4) is 0 Å². The monoisotopic (exact) mass is 651 g/mol. The number of hydrogen-bond donors (Lipinski definition) is 0. The molecule has 1 aromatic carbocycles. The van der Waals surface area contributed by atoms with Gasteiger partial charge in [0.25, 0.3) is 0 Å². The van der Waals surface area contributed by atoms with E-state index in [9.17, 15) is 31.1 Å². The van der Waals surface area contributed by atoms with Crippen molar-refractivity contribution in [3.05, 3.63) is 76.6 Å². The van der Waals surface area contributed by atoms with Crippen LogP contribution in [0.4, 0.5) is 42.6 Å². The highest BCUT2D eigenvalue weighted by atomic mass is 19.4. The van der Waals surface area contributed by atoms with E-state index in [4.69, 9.17) is 14.2 Å². The number of anilines is 2. The molecule has 2 atom stereocenters. The van der Waals surface area contributed by atoms with Gasteiger partial charge >= 0.3 is 18.4 Å². The van der Waals surface area contributed by atoms with Crippen LogP contribution in [-0.4, -0.2) is 54.9 Å². The smallest absolute Gasteiger partial charge is 0.416 e. The number of pyridine rings is 2. The summed E-state index contributed by atoms with van der Waals surface area (Å²) in [7, 11) is 1.40. The number of fused-ring (bicyclic) bond motifs is 1. The van der Waals surface area contributed by atoms with E-state index in [2.05, 4.69) is 15.0 Å². The van der Waals surface area contributed by atoms with Gasteiger partial charge in [0.1, 0.15) is 12.4 Å². The highest BCUT2D eigenvalue weighted by Gasteiger charge is 2.42. The Hall–Kier alpha value is -4.56. The number of benzene rings is 1. The van der Waals surface area contributed by atoms with Crippen LogP contribution < -0.4 is 14.5 Å². The SMILES string of the molecule is CCOC(=O)N1c2ccc(OC)nc2C(N(Cc2cc(C(F)(F)F)cc(C(F)(F)F)c2)c2ccc(C3=NCCO3)cn2)CC1CC. The molecule has 0 radical (unpaired) electrons. The van der Waals surface area contributed by atoms with Crippen molar-refractivity contribution in [2.75, 3.05) is 36.7 Å². The summed E-state index contributed by atoms with van der Waals surface area (Å²) in [6.07, 6.45) is -8.53. The van der Waals surface area contributed by atoms with Crippen molar-refractivity contribution in [2.45, 2.75) is 57.7 Å². The van der Waals surface area contributed by atoms with Gasteiger partial charge < -0.3 is 19.1 Å². The number of methoxy groups -OCH3 is 1. The summed E-state index contributed by atoms with van der Waals surface area (Å²) in [5.74, 6) is 0.817. The predicted octanol–water partition coefficient (Wildman–Crippen LogP) is 7.19. The van der Waals surface area contributed by atoms with E-state index in [1.165, 1.54) is 18.2 Å². The molecule has 3 aromatic rings. The van der Waals surface area contributed by atoms with E-state index in [1.807, 2.05) is 6.92 Å². The number of rotatable bonds is 8. The molecule has 5 rings (SSSR count). The van der Waals surface area contributed by atoms with Crippen LogP contribution in [0.15, 0.2) is 53.7 Å². The maximum Gasteiger partial charge on any atom is 0.416 e. The lowest BCUT2D eigenvalue weighted by Gasteiger charge is -2.43. The van der Waals surface area contributed by atoms with E-state index in [0.29, 0.717) is 54.5 Å². The minimum absolute atomic E-state index is 0.0931. The number of carbonyl (C=O) groups excluding carboxylic acids is 1. The first kappa shape index (κ1) is 32.8. The molecule has 1 amide bonds. The molecule has 0 spiro atoms. The summed E-state index contributed by atoms with van der Waals surface area (Å²) in [5.41, 5.74) is -1.86. The van der Waals surface area contributed by atoms with Crippen molar-refractivity contribution in [1.82, 2.24) is 9.97 Å². The Bertz CT molecular complexity index is 1560. The van der Waals surface area contributed by atoms with Crippen molar-refractivity contribution in [2.24, 2.45) is 4.99 Å². The zero-order valence-corrected chi connectivity index (χ0v) is 25.2. The van der Waals surface area contributed by atoms with Gasteiger partial charge in [0.05, 0.1) is 54.4 Å². The molecule has 0 bridgehead atoms. The zero-order chi connectivity index (χ0) is 33.2. The van der Waals surface area contributed by atoms with Crippen LogP contribution in [0, 0.1) is 0 Å². The van der Waals surface area contributed by atoms with Gasteiger partial charge in [-0.15, -0.1) is 0 Å². The topological polar surface area (TPSA) is 89.4 Å². The molecule has 0 saturated carbocycles. The number of nitrogens with zero attached hydrogens (tertiary/aromatic N) is 5. The quantitative estimate of drug-likeness (QED) is 0.238. The van der Waals surface area contributed by atoms with Crippen LogP contribution >= 0.6 is 0 Å². The second kappa shape index (κ2) is 13.0. The third-order valence-corrected chi connectivity index (χ3v) is 7.71. The summed E-state index contributed by atoms with van der Waals surface area (Å²) in [6, 6.07) is 6.71. The second-order valence-corrected chi connectivity index (χ2v) is 10.6. The molecule has 15 heteroatoms. The molecule has 0 saturated heterocycles. The Labute approximate surface area is 260 Å². The molecule has 0 aliphatic carbocycles. The predicted molar refractivity (Wildman–Crippen MR) is 156 cm³/mol. The third kappa shape index (κ3) is 6.82. The van der Waals surface area contributed by atoms with Gasteiger partial charge in [0, 0.05) is 24.8 Å². The number of halogens is 6. The number of amides is 1. The molecule has 9 nitrogen and oxygen atoms in total. The van der Waals surface area contributed by atoms with Crippen LogP contribution in [0.1, 0.15) is 60.7 Å². The van der Waals surface area contributed by atoms with Crippen molar-refractivity contribution in [3.8, 4) is 5.88 Å². The number of carbonyl (C=O) groups is 1. The molecule has 0 N–H and O–H groups in total. The third-order valence-electron chi connectivity index (χ3n) is 7.71. The molecule has 0 fully saturated rings. The second-order valence-electron chi connectivity index (χ2n) is 10.6. The summed E-state index contributed by atoms with van der Waals surface area (Å²) in [5, 5.41) is 0. The number of hydrogen-bond acceptors (Lipinski definition) is 8. The van der Waals surface area contributed by atoms with E-state index in [1.54, 1.807) is 36.1 Å². The van der Waals surface area contributed by atoms with Gasteiger partial charge in [-0.1, -0.05) is 6.92 Å². The Morgan fingerprint density at radius 2 is 1.76 bits per heavy atom. The van der Waals surface area contributed by atoms with Gasteiger partial charge in [-0.3, -0.25) is 4.90 Å². The van der Waals surface area contributed by atoms with Gasteiger partial charge in [0.15, 0.2) is 0 Å². The van der Waals surface area contributed by atoms with Crippen LogP contribution in [-0.2, 0) is 28.4 Å². The fourth-order valence-corrected chi connectivity index (χ4v) is 5.60. The first-order valence-electron chi connectivity index (χ1n) is 14.5. The van der Waals surface area contributed by atoms with Crippen LogP contribution in [0.2, 0.25) is 0 Å². The van der Waals surface area contributed by atoms with Crippen molar-refractivity contribution >= 4 is 23.5 Å². The molecule has 46 heavy (non-hydrogen) atoms. The summed E-state index contributed by atoms with van der Waals surface area (Å²) in [6.45, 7) is 4.11. The van der Waals surface area contributed by atoms with Gasteiger partial charge in [-0.2, -0.15) is 26.3 Å². The molecule has 2 aliphatic rings. The summed E-state index contributed by atoms with van der Waals surface area (Å²) >= 11 is 0. The lowest BCUT2D eigenvalue weighted by Crippen LogP contribution is -2.48. The Balaban J connectivity index is 1.67. The van der Waals surface area contributed by atoms with Gasteiger partial charge in [0.2, 0.25) is 11.8 Å². The van der Waals surface area contributed by atoms with Crippen molar-refractivity contribution in [1.29, 1.82) is 0 Å². The minimum atomic E-state index is -5.03. The highest BCUT2D eigenvalue weighted by Crippen LogP contribution is 2.44. The van der Waals surface area contributed by atoms with E-state index < -0.39 is 48.2 Å². The van der Waals surface area contributed by atoms with Gasteiger partial charge in [-0.05, 0) is 61.7 Å². The largest absolute Gasteiger partial charge is 0.481 e. The molecule has 246 valence electrons. The lowest BCUT2D eigenvalue weighted by atomic mass is 9.91. The number of aliphatic imine (C=N–C) groups is 1. The maximum atomic E-state index is 13.8. The average Bonchev–Trinajstić information content (AvgIpc) is 3.57. The van der Waals surface area contributed by atoms with Crippen molar-refractivity contribution < 1.29 is 45.3 Å². The van der Waals surface area contributed by atoms with Crippen LogP contribution in [0.5, 0.6) is 5.88 Å². The summed E-state index contributed by atoms with van der Waals surface area (Å²) in [4.78, 5) is 29.6. The highest BCUT2D eigenvalue weighted by molar-refractivity contribution is 5.94. The Kier molecular flexibility index (Phi) is 9.31. The van der Waals surface area contributed by atoms with E-state index in [-0.39, 0.29) is 36.4 Å². The molecular weight excluding hydrogens is 620 g/mol. The first-order chi connectivity index (χ1) is 21.8. The zero-order valence-electron chi connectivity index (χ0n) is 25.2. The Morgan fingerprint density at radius 1 is 1.04 bits per heavy atom. The fourth-order valence-electron chi connectivity index (χ4n) is 5.60. The number of aromatic nitrogens is 2. The number of ether oxygens (including phenoxy) is 3. The molecule has 4 heterocycles.